The predicted octanol–water partition coefficient (Wildman–Crippen LogP) is 1.12. The Morgan fingerprint density at radius 2 is 2.10 bits per heavy atom. The molecular formula is C15H22N2O3. The van der Waals surface area contributed by atoms with Crippen LogP contribution in [0.15, 0.2) is 29.3 Å². The van der Waals surface area contributed by atoms with Crippen LogP contribution in [0.3, 0.4) is 0 Å². The first-order chi connectivity index (χ1) is 9.54. The fourth-order valence-corrected chi connectivity index (χ4v) is 2.42. The zero-order valence-corrected chi connectivity index (χ0v) is 12.1. The van der Waals surface area contributed by atoms with Crippen molar-refractivity contribution >= 4 is 5.91 Å². The Balaban J connectivity index is 1.91. The molecule has 1 aromatic rings. The Kier molecular flexibility index (Phi) is 4.95. The van der Waals surface area contributed by atoms with E-state index in [1.807, 2.05) is 4.90 Å². The molecule has 5 nitrogen and oxygen atoms in total. The second-order valence-electron chi connectivity index (χ2n) is 5.67. The molecule has 2 heterocycles. The minimum atomic E-state index is -0.0444. The number of amides is 1. The average molecular weight is 278 g/mol. The number of pyridine rings is 1. The monoisotopic (exact) mass is 278 g/mol. The Labute approximate surface area is 119 Å². The zero-order valence-electron chi connectivity index (χ0n) is 12.1. The van der Waals surface area contributed by atoms with Gasteiger partial charge in [-0.05, 0) is 12.3 Å². The quantitative estimate of drug-likeness (QED) is 0.829. The molecule has 1 amide bonds. The SMILES string of the molecule is CC(C)C[C@@H]1CN(C(=O)Cn2ccc(=O)cc2)CCO1. The van der Waals surface area contributed by atoms with Gasteiger partial charge in [0.1, 0.15) is 6.54 Å². The summed E-state index contributed by atoms with van der Waals surface area (Å²) in [4.78, 5) is 25.1. The predicted molar refractivity (Wildman–Crippen MR) is 76.5 cm³/mol. The molecule has 0 aliphatic carbocycles. The summed E-state index contributed by atoms with van der Waals surface area (Å²) in [6, 6.07) is 2.93. The molecule has 1 aliphatic heterocycles. The topological polar surface area (TPSA) is 51.5 Å². The summed E-state index contributed by atoms with van der Waals surface area (Å²) in [5, 5.41) is 0. The molecule has 0 N–H and O–H groups in total. The van der Waals surface area contributed by atoms with E-state index in [-0.39, 0.29) is 24.0 Å². The summed E-state index contributed by atoms with van der Waals surface area (Å²) in [7, 11) is 0. The van der Waals surface area contributed by atoms with Crippen LogP contribution in [-0.2, 0) is 16.1 Å². The first kappa shape index (κ1) is 14.8. The Morgan fingerprint density at radius 1 is 1.40 bits per heavy atom. The lowest BCUT2D eigenvalue weighted by atomic mass is 10.0. The van der Waals surface area contributed by atoms with Gasteiger partial charge in [-0.2, -0.15) is 0 Å². The van der Waals surface area contributed by atoms with Gasteiger partial charge in [-0.25, -0.2) is 0 Å². The number of ether oxygens (including phenoxy) is 1. The van der Waals surface area contributed by atoms with Crippen LogP contribution in [0.5, 0.6) is 0 Å². The van der Waals surface area contributed by atoms with E-state index >= 15 is 0 Å². The van der Waals surface area contributed by atoms with E-state index < -0.39 is 0 Å². The molecule has 0 spiro atoms. The lowest BCUT2D eigenvalue weighted by Gasteiger charge is -2.34. The van der Waals surface area contributed by atoms with Crippen LogP contribution in [0.25, 0.3) is 0 Å². The van der Waals surface area contributed by atoms with Crippen molar-refractivity contribution in [2.75, 3.05) is 19.7 Å². The van der Waals surface area contributed by atoms with Gasteiger partial charge >= 0.3 is 0 Å². The number of morpholine rings is 1. The fourth-order valence-electron chi connectivity index (χ4n) is 2.42. The molecule has 1 aromatic heterocycles. The molecule has 0 aromatic carbocycles. The lowest BCUT2D eigenvalue weighted by Crippen LogP contribution is -2.47. The van der Waals surface area contributed by atoms with Crippen molar-refractivity contribution in [3.05, 3.63) is 34.7 Å². The maximum Gasteiger partial charge on any atom is 0.242 e. The van der Waals surface area contributed by atoms with Gasteiger partial charge in [0.25, 0.3) is 0 Å². The molecule has 1 saturated heterocycles. The number of hydrogen-bond donors (Lipinski definition) is 0. The molecule has 5 heteroatoms. The van der Waals surface area contributed by atoms with Crippen LogP contribution in [0.4, 0.5) is 0 Å². The van der Waals surface area contributed by atoms with Crippen LogP contribution < -0.4 is 5.43 Å². The zero-order chi connectivity index (χ0) is 14.5. The highest BCUT2D eigenvalue weighted by Gasteiger charge is 2.24. The van der Waals surface area contributed by atoms with Gasteiger partial charge in [-0.1, -0.05) is 13.8 Å². The lowest BCUT2D eigenvalue weighted by molar-refractivity contribution is -0.140. The maximum absolute atomic E-state index is 12.3. The Morgan fingerprint density at radius 3 is 2.75 bits per heavy atom. The van der Waals surface area contributed by atoms with Crippen molar-refractivity contribution in [1.29, 1.82) is 0 Å². The first-order valence-electron chi connectivity index (χ1n) is 7.10. The van der Waals surface area contributed by atoms with E-state index in [2.05, 4.69) is 13.8 Å². The minimum absolute atomic E-state index is 0.0444. The molecule has 1 fully saturated rings. The molecule has 1 aliphatic rings. The molecule has 0 unspecified atom stereocenters. The van der Waals surface area contributed by atoms with Crippen LogP contribution in [0, 0.1) is 5.92 Å². The van der Waals surface area contributed by atoms with E-state index in [0.29, 0.717) is 25.6 Å². The molecule has 110 valence electrons. The average Bonchev–Trinajstić information content (AvgIpc) is 2.41. The second kappa shape index (κ2) is 6.70. The third-order valence-electron chi connectivity index (χ3n) is 3.40. The van der Waals surface area contributed by atoms with E-state index in [0.717, 1.165) is 6.42 Å². The Hall–Kier alpha value is -1.62. The van der Waals surface area contributed by atoms with Crippen molar-refractivity contribution in [2.45, 2.75) is 32.9 Å². The number of carbonyl (C=O) groups excluding carboxylic acids is 1. The van der Waals surface area contributed by atoms with Gasteiger partial charge in [0.05, 0.1) is 12.7 Å². The summed E-state index contributed by atoms with van der Waals surface area (Å²) in [5.41, 5.74) is -0.0444. The van der Waals surface area contributed by atoms with Gasteiger partial charge in [-0.15, -0.1) is 0 Å². The van der Waals surface area contributed by atoms with Gasteiger partial charge in [0, 0.05) is 37.6 Å². The highest BCUT2D eigenvalue weighted by Crippen LogP contribution is 2.14. The summed E-state index contributed by atoms with van der Waals surface area (Å²) in [6.45, 7) is 6.50. The molecule has 0 radical (unpaired) electrons. The van der Waals surface area contributed by atoms with Gasteiger partial charge in [0.15, 0.2) is 5.43 Å². The van der Waals surface area contributed by atoms with Crippen molar-refractivity contribution in [3.63, 3.8) is 0 Å². The van der Waals surface area contributed by atoms with Crippen LogP contribution in [-0.4, -0.2) is 41.2 Å². The highest BCUT2D eigenvalue weighted by molar-refractivity contribution is 5.76. The summed E-state index contributed by atoms with van der Waals surface area (Å²) >= 11 is 0. The maximum atomic E-state index is 12.3. The number of aromatic nitrogens is 1. The highest BCUT2D eigenvalue weighted by atomic mass is 16.5. The molecular weight excluding hydrogens is 256 g/mol. The van der Waals surface area contributed by atoms with Crippen molar-refractivity contribution in [2.24, 2.45) is 5.92 Å². The first-order valence-corrected chi connectivity index (χ1v) is 7.10. The second-order valence-corrected chi connectivity index (χ2v) is 5.67. The Bertz CT molecular complexity index is 490. The molecule has 0 saturated carbocycles. The van der Waals surface area contributed by atoms with Gasteiger partial charge in [-0.3, -0.25) is 9.59 Å². The number of hydrogen-bond acceptors (Lipinski definition) is 3. The third kappa shape index (κ3) is 4.20. The third-order valence-corrected chi connectivity index (χ3v) is 3.40. The number of carbonyl (C=O) groups is 1. The van der Waals surface area contributed by atoms with E-state index in [9.17, 15) is 9.59 Å². The molecule has 2 rings (SSSR count). The van der Waals surface area contributed by atoms with E-state index in [1.165, 1.54) is 12.1 Å². The van der Waals surface area contributed by atoms with Gasteiger partial charge < -0.3 is 14.2 Å². The number of rotatable bonds is 4. The van der Waals surface area contributed by atoms with E-state index in [4.69, 9.17) is 4.74 Å². The molecule has 20 heavy (non-hydrogen) atoms. The van der Waals surface area contributed by atoms with Crippen molar-refractivity contribution in [3.8, 4) is 0 Å². The normalized spacial score (nSPS) is 19.4. The fraction of sp³-hybridized carbons (Fsp3) is 0.600. The summed E-state index contributed by atoms with van der Waals surface area (Å²) in [5.74, 6) is 0.639. The largest absolute Gasteiger partial charge is 0.375 e. The standard InChI is InChI=1S/C15H22N2O3/c1-12(2)9-14-10-17(7-8-20-14)15(19)11-16-5-3-13(18)4-6-16/h3-6,12,14H,7-11H2,1-2H3/t14-/m1/s1. The molecule has 0 bridgehead atoms. The van der Waals surface area contributed by atoms with Crippen molar-refractivity contribution < 1.29 is 9.53 Å². The van der Waals surface area contributed by atoms with Crippen LogP contribution >= 0.6 is 0 Å². The smallest absolute Gasteiger partial charge is 0.242 e. The van der Waals surface area contributed by atoms with Crippen LogP contribution in [0.1, 0.15) is 20.3 Å². The summed E-state index contributed by atoms with van der Waals surface area (Å²) < 4.78 is 7.43. The van der Waals surface area contributed by atoms with Crippen molar-refractivity contribution in [1.82, 2.24) is 9.47 Å². The summed E-state index contributed by atoms with van der Waals surface area (Å²) in [6.07, 6.45) is 4.40. The van der Waals surface area contributed by atoms with E-state index in [1.54, 1.807) is 17.0 Å². The number of nitrogens with zero attached hydrogens (tertiary/aromatic N) is 2. The molecule has 1 atom stereocenters. The minimum Gasteiger partial charge on any atom is -0.375 e. The van der Waals surface area contributed by atoms with Crippen LogP contribution in [0.2, 0.25) is 0 Å². The van der Waals surface area contributed by atoms with Gasteiger partial charge in [0.2, 0.25) is 5.91 Å².